The number of carbonyl (C=O) groups excluding carboxylic acids is 2. The molecular weight excluding hydrogens is 462 g/mol. The third-order valence-electron chi connectivity index (χ3n) is 7.71. The summed E-state index contributed by atoms with van der Waals surface area (Å²) in [6.45, 7) is 12.6. The number of nitrogens with zero attached hydrogens (tertiary/aromatic N) is 5. The Morgan fingerprint density at radius 3 is 2.32 bits per heavy atom. The van der Waals surface area contributed by atoms with Gasteiger partial charge in [-0.2, -0.15) is 0 Å². The van der Waals surface area contributed by atoms with Crippen LogP contribution in [0.5, 0.6) is 0 Å². The molecule has 0 saturated carbocycles. The minimum atomic E-state index is 0.0565. The van der Waals surface area contributed by atoms with E-state index in [-0.39, 0.29) is 11.8 Å². The number of pyridine rings is 1. The van der Waals surface area contributed by atoms with Gasteiger partial charge < -0.3 is 9.80 Å². The van der Waals surface area contributed by atoms with Crippen LogP contribution in [0.3, 0.4) is 0 Å². The maximum Gasteiger partial charge on any atom is 0.253 e. The van der Waals surface area contributed by atoms with E-state index in [1.165, 1.54) is 18.4 Å². The fraction of sp³-hybridized carbons (Fsp3) is 0.567. The van der Waals surface area contributed by atoms with Crippen LogP contribution in [-0.2, 0) is 17.9 Å². The molecule has 0 spiro atoms. The van der Waals surface area contributed by atoms with Gasteiger partial charge in [-0.15, -0.1) is 0 Å². The Kier molecular flexibility index (Phi) is 9.69. The molecule has 1 fully saturated rings. The summed E-state index contributed by atoms with van der Waals surface area (Å²) < 4.78 is 0. The van der Waals surface area contributed by atoms with Crippen LogP contribution < -0.4 is 4.90 Å². The lowest BCUT2D eigenvalue weighted by Gasteiger charge is -2.37. The highest BCUT2D eigenvalue weighted by Crippen LogP contribution is 2.27. The first kappa shape index (κ1) is 27.3. The summed E-state index contributed by atoms with van der Waals surface area (Å²) in [5.41, 5.74) is 3.88. The molecule has 7 nitrogen and oxygen atoms in total. The number of rotatable bonds is 4. The molecule has 37 heavy (non-hydrogen) atoms. The van der Waals surface area contributed by atoms with Crippen molar-refractivity contribution in [3.8, 4) is 0 Å². The minimum absolute atomic E-state index is 0.0565. The minimum Gasteiger partial charge on any atom is -0.336 e. The number of hydrogen-bond donors (Lipinski definition) is 0. The zero-order valence-electron chi connectivity index (χ0n) is 22.9. The third kappa shape index (κ3) is 7.39. The average molecular weight is 506 g/mol. The molecule has 0 aliphatic carbocycles. The molecule has 2 aromatic rings. The second-order valence-corrected chi connectivity index (χ2v) is 10.8. The lowest BCUT2D eigenvalue weighted by atomic mass is 10.0. The van der Waals surface area contributed by atoms with Crippen molar-refractivity contribution in [1.29, 1.82) is 0 Å². The number of amides is 2. The highest BCUT2D eigenvalue weighted by molar-refractivity contribution is 5.97. The van der Waals surface area contributed by atoms with Gasteiger partial charge in [0.2, 0.25) is 5.91 Å². The first-order valence-electron chi connectivity index (χ1n) is 14.0. The van der Waals surface area contributed by atoms with E-state index in [0.29, 0.717) is 18.2 Å². The van der Waals surface area contributed by atoms with Crippen LogP contribution in [0.2, 0.25) is 0 Å². The molecule has 1 aromatic carbocycles. The van der Waals surface area contributed by atoms with Crippen molar-refractivity contribution in [3.63, 3.8) is 0 Å². The number of benzene rings is 1. The van der Waals surface area contributed by atoms with Gasteiger partial charge in [0.1, 0.15) is 0 Å². The smallest absolute Gasteiger partial charge is 0.253 e. The summed E-state index contributed by atoms with van der Waals surface area (Å²) in [7, 11) is 0. The standard InChI is InChI=1S/C30H43N5O2/c1-24(2)33-16-18-34(19-17-33)30(37)27-11-12-29-28(20-27)23-32(22-26-10-9-13-31-21-26)14-7-5-4-6-8-15-35(29)25(3)36/h9-13,20-21,24H,4-8,14-19,22-23H2,1-3H3. The van der Waals surface area contributed by atoms with Crippen molar-refractivity contribution in [3.05, 3.63) is 59.4 Å². The van der Waals surface area contributed by atoms with Crippen molar-refractivity contribution >= 4 is 17.5 Å². The molecule has 200 valence electrons. The average Bonchev–Trinajstić information content (AvgIpc) is 2.89. The van der Waals surface area contributed by atoms with Gasteiger partial charge in [0.15, 0.2) is 0 Å². The highest BCUT2D eigenvalue weighted by Gasteiger charge is 2.25. The van der Waals surface area contributed by atoms with Gasteiger partial charge in [-0.05, 0) is 68.6 Å². The Balaban J connectivity index is 1.62. The van der Waals surface area contributed by atoms with E-state index in [4.69, 9.17) is 0 Å². The molecule has 0 atom stereocenters. The zero-order chi connectivity index (χ0) is 26.2. The Morgan fingerprint density at radius 1 is 0.919 bits per heavy atom. The second kappa shape index (κ2) is 13.2. The number of fused-ring (bicyclic) bond motifs is 1. The molecule has 1 saturated heterocycles. The largest absolute Gasteiger partial charge is 0.336 e. The van der Waals surface area contributed by atoms with E-state index in [1.807, 2.05) is 40.3 Å². The summed E-state index contributed by atoms with van der Waals surface area (Å²) in [5, 5.41) is 0. The highest BCUT2D eigenvalue weighted by atomic mass is 16.2. The molecule has 0 N–H and O–H groups in total. The van der Waals surface area contributed by atoms with E-state index >= 15 is 0 Å². The van der Waals surface area contributed by atoms with E-state index in [0.717, 1.165) is 76.3 Å². The van der Waals surface area contributed by atoms with Crippen molar-refractivity contribution in [2.45, 2.75) is 72.0 Å². The fourth-order valence-electron chi connectivity index (χ4n) is 5.52. The van der Waals surface area contributed by atoms with Crippen LogP contribution in [0, 0.1) is 0 Å². The molecular formula is C30H43N5O2. The predicted molar refractivity (Wildman–Crippen MR) is 149 cm³/mol. The molecule has 1 aromatic heterocycles. The van der Waals surface area contributed by atoms with Crippen LogP contribution in [0.25, 0.3) is 0 Å². The second-order valence-electron chi connectivity index (χ2n) is 10.8. The number of carbonyl (C=O) groups is 2. The van der Waals surface area contributed by atoms with E-state index < -0.39 is 0 Å². The van der Waals surface area contributed by atoms with Gasteiger partial charge in [-0.3, -0.25) is 24.4 Å². The Morgan fingerprint density at radius 2 is 1.65 bits per heavy atom. The van der Waals surface area contributed by atoms with Crippen LogP contribution in [0.1, 0.15) is 74.4 Å². The molecule has 0 bridgehead atoms. The molecule has 0 radical (unpaired) electrons. The molecule has 2 aliphatic heterocycles. The summed E-state index contributed by atoms with van der Waals surface area (Å²) >= 11 is 0. The SMILES string of the molecule is CC(=O)N1CCCCCCCN(Cc2cccnc2)Cc2cc(C(=O)N3CCN(C(C)C)CC3)ccc21. The predicted octanol–water partition coefficient (Wildman–Crippen LogP) is 4.57. The van der Waals surface area contributed by atoms with Crippen LogP contribution in [0.15, 0.2) is 42.7 Å². The molecule has 7 heteroatoms. The topological polar surface area (TPSA) is 60.0 Å². The van der Waals surface area contributed by atoms with Crippen molar-refractivity contribution < 1.29 is 9.59 Å². The number of hydrogen-bond acceptors (Lipinski definition) is 5. The monoisotopic (exact) mass is 505 g/mol. The number of aromatic nitrogens is 1. The summed E-state index contributed by atoms with van der Waals surface area (Å²) in [5.74, 6) is 0.145. The lowest BCUT2D eigenvalue weighted by Crippen LogP contribution is -2.50. The molecule has 0 unspecified atom stereocenters. The van der Waals surface area contributed by atoms with E-state index in [1.54, 1.807) is 13.1 Å². The van der Waals surface area contributed by atoms with Crippen LogP contribution in [0.4, 0.5) is 5.69 Å². The maximum atomic E-state index is 13.5. The quantitative estimate of drug-likeness (QED) is 0.609. The summed E-state index contributed by atoms with van der Waals surface area (Å²) in [4.78, 5) is 39.3. The zero-order valence-corrected chi connectivity index (χ0v) is 22.9. The number of piperazine rings is 1. The molecule has 4 rings (SSSR count). The first-order chi connectivity index (χ1) is 17.9. The van der Waals surface area contributed by atoms with Gasteiger partial charge in [-0.1, -0.05) is 25.3 Å². The molecule has 2 aliphatic rings. The van der Waals surface area contributed by atoms with Crippen molar-refractivity contribution in [2.24, 2.45) is 0 Å². The van der Waals surface area contributed by atoms with Gasteiger partial charge in [0, 0.05) is 82.4 Å². The summed E-state index contributed by atoms with van der Waals surface area (Å²) in [6.07, 6.45) is 9.38. The molecule has 2 amide bonds. The van der Waals surface area contributed by atoms with Gasteiger partial charge in [0.25, 0.3) is 5.91 Å². The lowest BCUT2D eigenvalue weighted by molar-refractivity contribution is -0.116. The molecule has 3 heterocycles. The third-order valence-corrected chi connectivity index (χ3v) is 7.71. The van der Waals surface area contributed by atoms with Crippen molar-refractivity contribution in [2.75, 3.05) is 44.2 Å². The fourth-order valence-corrected chi connectivity index (χ4v) is 5.52. The van der Waals surface area contributed by atoms with Crippen LogP contribution >= 0.6 is 0 Å². The Bertz CT molecular complexity index is 1030. The van der Waals surface area contributed by atoms with Gasteiger partial charge in [0.05, 0.1) is 0 Å². The van der Waals surface area contributed by atoms with Crippen LogP contribution in [-0.4, -0.2) is 76.8 Å². The van der Waals surface area contributed by atoms with Crippen molar-refractivity contribution in [1.82, 2.24) is 19.7 Å². The van der Waals surface area contributed by atoms with Gasteiger partial charge in [-0.25, -0.2) is 0 Å². The maximum absolute atomic E-state index is 13.5. The Hall–Kier alpha value is -2.77. The summed E-state index contributed by atoms with van der Waals surface area (Å²) in [6, 6.07) is 10.6. The normalized spacial score (nSPS) is 18.7. The van der Waals surface area contributed by atoms with E-state index in [9.17, 15) is 9.59 Å². The van der Waals surface area contributed by atoms with E-state index in [2.05, 4.69) is 34.7 Å². The number of anilines is 1. The van der Waals surface area contributed by atoms with Gasteiger partial charge >= 0.3 is 0 Å². The first-order valence-corrected chi connectivity index (χ1v) is 14.0. The Labute approximate surface area is 222 Å².